The van der Waals surface area contributed by atoms with Gasteiger partial charge in [-0.05, 0) is 23.8 Å². The molecular formula is C17H12N4. The van der Waals surface area contributed by atoms with Crippen LogP contribution >= 0.6 is 0 Å². The molecule has 4 nitrogen and oxygen atoms in total. The molecule has 2 aromatic heterocycles. The first kappa shape index (κ1) is 11.8. The summed E-state index contributed by atoms with van der Waals surface area (Å²) in [5.74, 6) is 0. The Kier molecular flexibility index (Phi) is 2.71. The molecular weight excluding hydrogens is 260 g/mol. The van der Waals surface area contributed by atoms with E-state index in [1.165, 1.54) is 0 Å². The number of rotatable bonds is 2. The number of fused-ring (bicyclic) bond motifs is 1. The summed E-state index contributed by atoms with van der Waals surface area (Å²) in [5, 5.41) is 9.18. The standard InChI is InChI=1S/C17H12N4/c1-2-5-13(6-3-1)15-7-4-8-16-17(15)20-21(19-16)14-9-11-18-12-10-14/h1-12H. The summed E-state index contributed by atoms with van der Waals surface area (Å²) in [7, 11) is 0. The van der Waals surface area contributed by atoms with E-state index in [1.54, 1.807) is 17.2 Å². The average molecular weight is 272 g/mol. The number of nitrogens with zero attached hydrogens (tertiary/aromatic N) is 4. The van der Waals surface area contributed by atoms with E-state index in [9.17, 15) is 0 Å². The smallest absolute Gasteiger partial charge is 0.121 e. The summed E-state index contributed by atoms with van der Waals surface area (Å²) >= 11 is 0. The zero-order chi connectivity index (χ0) is 14.1. The van der Waals surface area contributed by atoms with Crippen molar-refractivity contribution in [1.82, 2.24) is 20.0 Å². The predicted molar refractivity (Wildman–Crippen MR) is 82.1 cm³/mol. The topological polar surface area (TPSA) is 43.6 Å². The van der Waals surface area contributed by atoms with Crippen LogP contribution in [0.15, 0.2) is 73.1 Å². The van der Waals surface area contributed by atoms with E-state index in [1.807, 2.05) is 42.5 Å². The lowest BCUT2D eigenvalue weighted by atomic mass is 10.0. The minimum Gasteiger partial charge on any atom is -0.265 e. The molecule has 0 saturated carbocycles. The van der Waals surface area contributed by atoms with Gasteiger partial charge in [0, 0.05) is 18.0 Å². The van der Waals surface area contributed by atoms with Crippen LogP contribution in [-0.4, -0.2) is 20.0 Å². The molecule has 0 fully saturated rings. The van der Waals surface area contributed by atoms with E-state index in [0.29, 0.717) is 0 Å². The number of hydrogen-bond donors (Lipinski definition) is 0. The quantitative estimate of drug-likeness (QED) is 0.561. The van der Waals surface area contributed by atoms with Gasteiger partial charge in [-0.25, -0.2) is 0 Å². The molecule has 21 heavy (non-hydrogen) atoms. The number of benzene rings is 2. The monoisotopic (exact) mass is 272 g/mol. The zero-order valence-corrected chi connectivity index (χ0v) is 11.2. The fourth-order valence-corrected chi connectivity index (χ4v) is 2.38. The van der Waals surface area contributed by atoms with Gasteiger partial charge in [0.05, 0.1) is 5.69 Å². The fraction of sp³-hybridized carbons (Fsp3) is 0. The molecule has 0 aliphatic heterocycles. The molecule has 0 aliphatic rings. The summed E-state index contributed by atoms with van der Waals surface area (Å²) in [5.41, 5.74) is 4.92. The highest BCUT2D eigenvalue weighted by Crippen LogP contribution is 2.26. The Morgan fingerprint density at radius 3 is 2.33 bits per heavy atom. The molecule has 4 heteroatoms. The second kappa shape index (κ2) is 4.83. The summed E-state index contributed by atoms with van der Waals surface area (Å²) in [4.78, 5) is 5.67. The fourth-order valence-electron chi connectivity index (χ4n) is 2.38. The van der Waals surface area contributed by atoms with Gasteiger partial charge < -0.3 is 0 Å². The van der Waals surface area contributed by atoms with Gasteiger partial charge in [-0.3, -0.25) is 4.98 Å². The SMILES string of the molecule is c1ccc(-c2cccc3nn(-c4ccncc4)nc23)cc1. The Balaban J connectivity index is 1.93. The average Bonchev–Trinajstić information content (AvgIpc) is 3.00. The highest BCUT2D eigenvalue weighted by molar-refractivity contribution is 5.91. The first-order chi connectivity index (χ1) is 10.4. The predicted octanol–water partition coefficient (Wildman–Crippen LogP) is 3.48. The first-order valence-electron chi connectivity index (χ1n) is 6.74. The molecule has 0 amide bonds. The molecule has 4 rings (SSSR count). The van der Waals surface area contributed by atoms with Gasteiger partial charge in [-0.1, -0.05) is 42.5 Å². The summed E-state index contributed by atoms with van der Waals surface area (Å²) in [6.07, 6.45) is 3.48. The van der Waals surface area contributed by atoms with Crippen molar-refractivity contribution in [2.45, 2.75) is 0 Å². The summed E-state index contributed by atoms with van der Waals surface area (Å²) < 4.78 is 0. The van der Waals surface area contributed by atoms with Crippen LogP contribution in [0.2, 0.25) is 0 Å². The number of pyridine rings is 1. The van der Waals surface area contributed by atoms with E-state index in [4.69, 9.17) is 0 Å². The van der Waals surface area contributed by atoms with Gasteiger partial charge in [0.15, 0.2) is 0 Å². The third kappa shape index (κ3) is 2.07. The third-order valence-corrected chi connectivity index (χ3v) is 3.39. The van der Waals surface area contributed by atoms with Crippen LogP contribution in [0.1, 0.15) is 0 Å². The van der Waals surface area contributed by atoms with Gasteiger partial charge in [-0.2, -0.15) is 4.80 Å². The van der Waals surface area contributed by atoms with Crippen molar-refractivity contribution in [3.8, 4) is 16.8 Å². The lowest BCUT2D eigenvalue weighted by molar-refractivity contribution is 0.764. The Bertz CT molecular complexity index is 882. The Labute approximate surface area is 121 Å². The molecule has 0 bridgehead atoms. The maximum atomic E-state index is 4.64. The Morgan fingerprint density at radius 1 is 0.714 bits per heavy atom. The van der Waals surface area contributed by atoms with Crippen molar-refractivity contribution in [2.75, 3.05) is 0 Å². The summed E-state index contributed by atoms with van der Waals surface area (Å²) in [6, 6.07) is 20.1. The molecule has 0 radical (unpaired) electrons. The minimum atomic E-state index is 0.883. The molecule has 0 atom stereocenters. The highest BCUT2D eigenvalue weighted by Gasteiger charge is 2.09. The number of aromatic nitrogens is 4. The van der Waals surface area contributed by atoms with Gasteiger partial charge in [0.1, 0.15) is 11.0 Å². The minimum absolute atomic E-state index is 0.883. The van der Waals surface area contributed by atoms with Gasteiger partial charge >= 0.3 is 0 Å². The van der Waals surface area contributed by atoms with Crippen molar-refractivity contribution in [3.63, 3.8) is 0 Å². The second-order valence-corrected chi connectivity index (χ2v) is 4.73. The Hall–Kier alpha value is -3.01. The van der Waals surface area contributed by atoms with Gasteiger partial charge in [-0.15, -0.1) is 10.2 Å². The summed E-state index contributed by atoms with van der Waals surface area (Å²) in [6.45, 7) is 0. The molecule has 0 saturated heterocycles. The van der Waals surface area contributed by atoms with Crippen LogP contribution < -0.4 is 0 Å². The molecule has 4 aromatic rings. The Morgan fingerprint density at radius 2 is 1.52 bits per heavy atom. The molecule has 100 valence electrons. The maximum Gasteiger partial charge on any atom is 0.121 e. The van der Waals surface area contributed by atoms with Gasteiger partial charge in [0.2, 0.25) is 0 Å². The normalized spacial score (nSPS) is 10.9. The lowest BCUT2D eigenvalue weighted by Crippen LogP contribution is -1.97. The molecule has 2 aromatic carbocycles. The van der Waals surface area contributed by atoms with Crippen LogP contribution in [0.5, 0.6) is 0 Å². The molecule has 0 unspecified atom stereocenters. The first-order valence-corrected chi connectivity index (χ1v) is 6.74. The highest BCUT2D eigenvalue weighted by atomic mass is 15.5. The van der Waals surface area contributed by atoms with Crippen molar-refractivity contribution < 1.29 is 0 Å². The second-order valence-electron chi connectivity index (χ2n) is 4.73. The molecule has 0 N–H and O–H groups in total. The van der Waals surface area contributed by atoms with Gasteiger partial charge in [0.25, 0.3) is 0 Å². The van der Waals surface area contributed by atoms with Crippen molar-refractivity contribution >= 4 is 11.0 Å². The van der Waals surface area contributed by atoms with E-state index in [-0.39, 0.29) is 0 Å². The van der Waals surface area contributed by atoms with Crippen LogP contribution in [-0.2, 0) is 0 Å². The third-order valence-electron chi connectivity index (χ3n) is 3.39. The number of hydrogen-bond acceptors (Lipinski definition) is 3. The van der Waals surface area contributed by atoms with Crippen LogP contribution in [0.3, 0.4) is 0 Å². The molecule has 0 spiro atoms. The van der Waals surface area contributed by atoms with E-state index in [2.05, 4.69) is 33.4 Å². The van der Waals surface area contributed by atoms with Crippen molar-refractivity contribution in [1.29, 1.82) is 0 Å². The maximum absolute atomic E-state index is 4.64. The van der Waals surface area contributed by atoms with E-state index >= 15 is 0 Å². The molecule has 0 aliphatic carbocycles. The van der Waals surface area contributed by atoms with E-state index in [0.717, 1.165) is 27.8 Å². The van der Waals surface area contributed by atoms with Crippen LogP contribution in [0.4, 0.5) is 0 Å². The van der Waals surface area contributed by atoms with Crippen molar-refractivity contribution in [2.24, 2.45) is 0 Å². The largest absolute Gasteiger partial charge is 0.265 e. The van der Waals surface area contributed by atoms with Crippen LogP contribution in [0.25, 0.3) is 27.8 Å². The van der Waals surface area contributed by atoms with E-state index < -0.39 is 0 Å². The van der Waals surface area contributed by atoms with Crippen molar-refractivity contribution in [3.05, 3.63) is 73.1 Å². The molecule has 2 heterocycles. The lowest BCUT2D eigenvalue weighted by Gasteiger charge is -2.00. The van der Waals surface area contributed by atoms with Crippen LogP contribution in [0, 0.1) is 0 Å². The zero-order valence-electron chi connectivity index (χ0n) is 11.2.